The van der Waals surface area contributed by atoms with Crippen molar-refractivity contribution in [2.75, 3.05) is 5.32 Å². The molecule has 0 bridgehead atoms. The van der Waals surface area contributed by atoms with E-state index in [0.29, 0.717) is 0 Å². The highest BCUT2D eigenvalue weighted by Gasteiger charge is 2.08. The minimum atomic E-state index is 0.235. The van der Waals surface area contributed by atoms with Gasteiger partial charge in [0.05, 0.1) is 10.7 Å². The van der Waals surface area contributed by atoms with Crippen LogP contribution in [0.2, 0.25) is 5.02 Å². The van der Waals surface area contributed by atoms with Gasteiger partial charge in [-0.1, -0.05) is 35.9 Å². The van der Waals surface area contributed by atoms with Crippen LogP contribution in [-0.2, 0) is 0 Å². The number of rotatable bonds is 3. The van der Waals surface area contributed by atoms with Crippen molar-refractivity contribution in [3.63, 3.8) is 0 Å². The van der Waals surface area contributed by atoms with Gasteiger partial charge < -0.3 is 5.32 Å². The predicted molar refractivity (Wildman–Crippen MR) is 84.1 cm³/mol. The first kappa shape index (κ1) is 14.0. The summed E-state index contributed by atoms with van der Waals surface area (Å²) in [5, 5.41) is 4.25. The van der Waals surface area contributed by atoms with E-state index in [-0.39, 0.29) is 6.04 Å². The number of halogens is 1. The summed E-state index contributed by atoms with van der Waals surface area (Å²) in [6, 6.07) is 12.8. The molecule has 0 aromatic heterocycles. The fraction of sp³-hybridized carbons (Fsp3) is 0.294. The third kappa shape index (κ3) is 3.30. The van der Waals surface area contributed by atoms with E-state index in [0.717, 1.165) is 10.7 Å². The first-order valence-corrected chi connectivity index (χ1v) is 6.95. The second kappa shape index (κ2) is 5.66. The molecule has 0 spiro atoms. The Bertz CT molecular complexity index is 590. The van der Waals surface area contributed by atoms with Gasteiger partial charge in [-0.2, -0.15) is 0 Å². The third-order valence-electron chi connectivity index (χ3n) is 3.52. The predicted octanol–water partition coefficient (Wildman–Crippen LogP) is 5.44. The lowest BCUT2D eigenvalue weighted by molar-refractivity contribution is 0.881. The lowest BCUT2D eigenvalue weighted by atomic mass is 10.0. The molecule has 100 valence electrons. The molecular formula is C17H20ClN. The number of hydrogen-bond acceptors (Lipinski definition) is 1. The van der Waals surface area contributed by atoms with Crippen molar-refractivity contribution < 1.29 is 0 Å². The van der Waals surface area contributed by atoms with Crippen LogP contribution in [0, 0.1) is 20.8 Å². The molecule has 1 atom stereocenters. The van der Waals surface area contributed by atoms with Crippen molar-refractivity contribution in [1.29, 1.82) is 0 Å². The van der Waals surface area contributed by atoms with Gasteiger partial charge in [0.15, 0.2) is 0 Å². The Morgan fingerprint density at radius 3 is 2.37 bits per heavy atom. The van der Waals surface area contributed by atoms with Gasteiger partial charge in [0.25, 0.3) is 0 Å². The van der Waals surface area contributed by atoms with E-state index in [1.165, 1.54) is 22.3 Å². The van der Waals surface area contributed by atoms with Crippen LogP contribution in [0.25, 0.3) is 0 Å². The van der Waals surface area contributed by atoms with E-state index in [1.54, 1.807) is 0 Å². The van der Waals surface area contributed by atoms with Gasteiger partial charge in [-0.3, -0.25) is 0 Å². The molecule has 0 saturated carbocycles. The summed E-state index contributed by atoms with van der Waals surface area (Å²) in [4.78, 5) is 0. The molecule has 2 heteroatoms. The monoisotopic (exact) mass is 273 g/mol. The highest BCUT2D eigenvalue weighted by Crippen LogP contribution is 2.27. The molecule has 19 heavy (non-hydrogen) atoms. The van der Waals surface area contributed by atoms with Crippen LogP contribution >= 0.6 is 11.6 Å². The summed E-state index contributed by atoms with van der Waals surface area (Å²) in [5.41, 5.74) is 6.12. The summed E-state index contributed by atoms with van der Waals surface area (Å²) in [5.74, 6) is 0. The number of anilines is 1. The van der Waals surface area contributed by atoms with Gasteiger partial charge in [0.2, 0.25) is 0 Å². The average Bonchev–Trinajstić information content (AvgIpc) is 2.37. The van der Waals surface area contributed by atoms with Crippen molar-refractivity contribution in [1.82, 2.24) is 0 Å². The van der Waals surface area contributed by atoms with E-state index < -0.39 is 0 Å². The number of aryl methyl sites for hydroxylation is 3. The second-order valence-electron chi connectivity index (χ2n) is 5.19. The Labute approximate surface area is 120 Å². The van der Waals surface area contributed by atoms with Gasteiger partial charge in [0.1, 0.15) is 0 Å². The zero-order chi connectivity index (χ0) is 14.0. The minimum Gasteiger partial charge on any atom is -0.377 e. The zero-order valence-electron chi connectivity index (χ0n) is 11.9. The molecule has 1 unspecified atom stereocenters. The first-order valence-electron chi connectivity index (χ1n) is 6.57. The van der Waals surface area contributed by atoms with Crippen molar-refractivity contribution in [2.24, 2.45) is 0 Å². The van der Waals surface area contributed by atoms with Crippen molar-refractivity contribution >= 4 is 17.3 Å². The molecule has 2 aromatic rings. The smallest absolute Gasteiger partial charge is 0.0637 e. The van der Waals surface area contributed by atoms with Crippen LogP contribution in [0.1, 0.15) is 35.2 Å². The minimum absolute atomic E-state index is 0.235. The zero-order valence-corrected chi connectivity index (χ0v) is 12.7. The number of nitrogens with one attached hydrogen (secondary N) is 1. The Morgan fingerprint density at radius 2 is 1.68 bits per heavy atom. The Kier molecular flexibility index (Phi) is 4.16. The van der Waals surface area contributed by atoms with Crippen LogP contribution < -0.4 is 5.32 Å². The normalized spacial score (nSPS) is 12.3. The molecule has 0 amide bonds. The molecule has 0 aliphatic carbocycles. The van der Waals surface area contributed by atoms with E-state index in [2.05, 4.69) is 57.3 Å². The van der Waals surface area contributed by atoms with Crippen LogP contribution in [0.15, 0.2) is 36.4 Å². The highest BCUT2D eigenvalue weighted by molar-refractivity contribution is 6.33. The molecule has 2 rings (SSSR count). The summed E-state index contributed by atoms with van der Waals surface area (Å²) in [6.45, 7) is 8.50. The van der Waals surface area contributed by atoms with Crippen LogP contribution in [0.3, 0.4) is 0 Å². The Morgan fingerprint density at radius 1 is 0.947 bits per heavy atom. The maximum Gasteiger partial charge on any atom is 0.0637 e. The molecule has 0 aliphatic rings. The quantitative estimate of drug-likeness (QED) is 0.785. The average molecular weight is 274 g/mol. The third-order valence-corrected chi connectivity index (χ3v) is 3.85. The highest BCUT2D eigenvalue weighted by atomic mass is 35.5. The Balaban J connectivity index is 2.22. The molecule has 0 saturated heterocycles. The standard InChI is InChI=1S/C17H20ClN/c1-11-5-8-16(18)17(9-11)19-14(4)15-7-6-12(2)13(3)10-15/h5-10,14,19H,1-4H3. The Hall–Kier alpha value is -1.47. The molecule has 0 radical (unpaired) electrons. The molecule has 1 N–H and O–H groups in total. The van der Waals surface area contributed by atoms with Crippen molar-refractivity contribution in [2.45, 2.75) is 33.7 Å². The van der Waals surface area contributed by atoms with Gasteiger partial charge >= 0.3 is 0 Å². The van der Waals surface area contributed by atoms with Gasteiger partial charge in [-0.05, 0) is 62.1 Å². The van der Waals surface area contributed by atoms with Crippen molar-refractivity contribution in [3.8, 4) is 0 Å². The fourth-order valence-corrected chi connectivity index (χ4v) is 2.27. The molecular weight excluding hydrogens is 254 g/mol. The molecule has 1 nitrogen and oxygen atoms in total. The lowest BCUT2D eigenvalue weighted by Crippen LogP contribution is -2.07. The molecule has 0 heterocycles. The lowest BCUT2D eigenvalue weighted by Gasteiger charge is -2.18. The van der Waals surface area contributed by atoms with E-state index in [1.807, 2.05) is 12.1 Å². The van der Waals surface area contributed by atoms with Gasteiger partial charge in [0, 0.05) is 6.04 Å². The maximum absolute atomic E-state index is 6.22. The SMILES string of the molecule is Cc1ccc(Cl)c(NC(C)c2ccc(C)c(C)c2)c1. The molecule has 2 aromatic carbocycles. The van der Waals surface area contributed by atoms with E-state index >= 15 is 0 Å². The second-order valence-corrected chi connectivity index (χ2v) is 5.60. The topological polar surface area (TPSA) is 12.0 Å². The largest absolute Gasteiger partial charge is 0.377 e. The summed E-state index contributed by atoms with van der Waals surface area (Å²) in [6.07, 6.45) is 0. The van der Waals surface area contributed by atoms with Gasteiger partial charge in [-0.15, -0.1) is 0 Å². The number of hydrogen-bond donors (Lipinski definition) is 1. The fourth-order valence-electron chi connectivity index (χ4n) is 2.10. The first-order chi connectivity index (χ1) is 8.97. The molecule has 0 aliphatic heterocycles. The van der Waals surface area contributed by atoms with Crippen LogP contribution in [0.4, 0.5) is 5.69 Å². The van der Waals surface area contributed by atoms with Crippen LogP contribution in [-0.4, -0.2) is 0 Å². The van der Waals surface area contributed by atoms with Crippen molar-refractivity contribution in [3.05, 3.63) is 63.7 Å². The summed E-state index contributed by atoms with van der Waals surface area (Å²) < 4.78 is 0. The van der Waals surface area contributed by atoms with Gasteiger partial charge in [-0.25, -0.2) is 0 Å². The van der Waals surface area contributed by atoms with Crippen LogP contribution in [0.5, 0.6) is 0 Å². The maximum atomic E-state index is 6.22. The van der Waals surface area contributed by atoms with E-state index in [9.17, 15) is 0 Å². The summed E-state index contributed by atoms with van der Waals surface area (Å²) in [7, 11) is 0. The van der Waals surface area contributed by atoms with E-state index in [4.69, 9.17) is 11.6 Å². The summed E-state index contributed by atoms with van der Waals surface area (Å²) >= 11 is 6.22. The number of benzene rings is 2. The molecule has 0 fully saturated rings.